The SMILES string of the molecule is Cc1cc(Cl)c2c(c1C)C(C)(C)CS2. The molecule has 0 N–H and O–H groups in total. The molecule has 0 amide bonds. The lowest BCUT2D eigenvalue weighted by Crippen LogP contribution is -2.17. The van der Waals surface area contributed by atoms with Crippen molar-refractivity contribution in [2.24, 2.45) is 0 Å². The third-order valence-electron chi connectivity index (χ3n) is 3.01. The van der Waals surface area contributed by atoms with E-state index in [9.17, 15) is 0 Å². The maximum Gasteiger partial charge on any atom is 0.0547 e. The minimum absolute atomic E-state index is 0.278. The van der Waals surface area contributed by atoms with Crippen molar-refractivity contribution in [3.05, 3.63) is 27.8 Å². The van der Waals surface area contributed by atoms with Crippen LogP contribution in [0.1, 0.15) is 30.5 Å². The highest BCUT2D eigenvalue weighted by molar-refractivity contribution is 7.99. The Balaban J connectivity index is 2.75. The van der Waals surface area contributed by atoms with E-state index >= 15 is 0 Å². The van der Waals surface area contributed by atoms with E-state index in [1.807, 2.05) is 11.8 Å². The predicted octanol–water partition coefficient (Wildman–Crippen LogP) is 4.34. The molecule has 0 fully saturated rings. The third kappa shape index (κ3) is 1.38. The summed E-state index contributed by atoms with van der Waals surface area (Å²) in [5.74, 6) is 1.15. The molecule has 1 aliphatic rings. The Morgan fingerprint density at radius 2 is 2.00 bits per heavy atom. The fourth-order valence-corrected chi connectivity index (χ4v) is 3.97. The van der Waals surface area contributed by atoms with Crippen molar-refractivity contribution in [2.45, 2.75) is 38.0 Å². The van der Waals surface area contributed by atoms with Gasteiger partial charge in [-0.1, -0.05) is 25.4 Å². The lowest BCUT2D eigenvalue weighted by Gasteiger charge is -2.21. The standard InChI is InChI=1S/C12H15ClS/c1-7-5-9(13)11-10(8(7)2)12(3,4)6-14-11/h5H,6H2,1-4H3. The summed E-state index contributed by atoms with van der Waals surface area (Å²) in [6.07, 6.45) is 0. The van der Waals surface area contributed by atoms with Crippen molar-refractivity contribution in [1.82, 2.24) is 0 Å². The van der Waals surface area contributed by atoms with Crippen LogP contribution in [0.5, 0.6) is 0 Å². The van der Waals surface area contributed by atoms with Gasteiger partial charge in [0, 0.05) is 16.1 Å². The van der Waals surface area contributed by atoms with Gasteiger partial charge >= 0.3 is 0 Å². The van der Waals surface area contributed by atoms with Crippen molar-refractivity contribution in [2.75, 3.05) is 5.75 Å². The van der Waals surface area contributed by atoms with Crippen LogP contribution in [0.25, 0.3) is 0 Å². The van der Waals surface area contributed by atoms with Gasteiger partial charge in [-0.2, -0.15) is 0 Å². The number of fused-ring (bicyclic) bond motifs is 1. The fourth-order valence-electron chi connectivity index (χ4n) is 2.13. The molecule has 1 heterocycles. The summed E-state index contributed by atoms with van der Waals surface area (Å²) in [6.45, 7) is 8.95. The minimum Gasteiger partial charge on any atom is -0.123 e. The van der Waals surface area contributed by atoms with E-state index in [0.717, 1.165) is 10.8 Å². The van der Waals surface area contributed by atoms with Crippen LogP contribution in [0.3, 0.4) is 0 Å². The first kappa shape index (κ1) is 10.4. The molecule has 0 radical (unpaired) electrons. The Hall–Kier alpha value is -0.140. The number of hydrogen-bond donors (Lipinski definition) is 0. The molecule has 0 unspecified atom stereocenters. The molecule has 0 atom stereocenters. The van der Waals surface area contributed by atoms with E-state index in [-0.39, 0.29) is 5.41 Å². The minimum atomic E-state index is 0.278. The average Bonchev–Trinajstić information content (AvgIpc) is 2.38. The molecule has 0 nitrogen and oxygen atoms in total. The largest absolute Gasteiger partial charge is 0.123 e. The summed E-state index contributed by atoms with van der Waals surface area (Å²) in [5.41, 5.74) is 4.47. The van der Waals surface area contributed by atoms with E-state index in [1.165, 1.54) is 21.6 Å². The van der Waals surface area contributed by atoms with Gasteiger partial charge in [-0.05, 0) is 36.6 Å². The number of halogens is 1. The number of thioether (sulfide) groups is 1. The predicted molar refractivity (Wildman–Crippen MR) is 64.7 cm³/mol. The van der Waals surface area contributed by atoms with Crippen LogP contribution in [0.2, 0.25) is 5.02 Å². The molecule has 76 valence electrons. The van der Waals surface area contributed by atoms with E-state index in [2.05, 4.69) is 33.8 Å². The zero-order valence-electron chi connectivity index (χ0n) is 9.07. The highest BCUT2D eigenvalue weighted by Gasteiger charge is 2.34. The highest BCUT2D eigenvalue weighted by Crippen LogP contribution is 2.49. The van der Waals surface area contributed by atoms with Crippen molar-refractivity contribution in [3.63, 3.8) is 0 Å². The molecule has 1 aromatic carbocycles. The molecule has 1 aliphatic heterocycles. The average molecular weight is 227 g/mol. The first-order valence-corrected chi connectivity index (χ1v) is 6.23. The van der Waals surface area contributed by atoms with Crippen molar-refractivity contribution >= 4 is 23.4 Å². The second kappa shape index (κ2) is 3.18. The van der Waals surface area contributed by atoms with Gasteiger partial charge in [0.1, 0.15) is 0 Å². The topological polar surface area (TPSA) is 0 Å². The maximum atomic E-state index is 6.25. The van der Waals surface area contributed by atoms with Crippen LogP contribution in [0, 0.1) is 13.8 Å². The summed E-state index contributed by atoms with van der Waals surface area (Å²) >= 11 is 8.15. The van der Waals surface area contributed by atoms with E-state index < -0.39 is 0 Å². The lowest BCUT2D eigenvalue weighted by atomic mass is 9.83. The summed E-state index contributed by atoms with van der Waals surface area (Å²) in [7, 11) is 0. The van der Waals surface area contributed by atoms with Crippen molar-refractivity contribution in [3.8, 4) is 0 Å². The first-order chi connectivity index (χ1) is 6.43. The number of hydrogen-bond acceptors (Lipinski definition) is 1. The summed E-state index contributed by atoms with van der Waals surface area (Å²) < 4.78 is 0. The third-order valence-corrected chi connectivity index (χ3v) is 5.00. The van der Waals surface area contributed by atoms with Gasteiger partial charge < -0.3 is 0 Å². The smallest absolute Gasteiger partial charge is 0.0547 e. The summed E-state index contributed by atoms with van der Waals surface area (Å²) in [4.78, 5) is 1.31. The molecule has 0 bridgehead atoms. The Bertz CT molecular complexity index is 394. The molecule has 2 rings (SSSR count). The van der Waals surface area contributed by atoms with Crippen LogP contribution in [-0.2, 0) is 5.41 Å². The van der Waals surface area contributed by atoms with Gasteiger partial charge in [0.05, 0.1) is 5.02 Å². The van der Waals surface area contributed by atoms with Crippen LogP contribution in [0.4, 0.5) is 0 Å². The fraction of sp³-hybridized carbons (Fsp3) is 0.500. The Morgan fingerprint density at radius 1 is 1.36 bits per heavy atom. The lowest BCUT2D eigenvalue weighted by molar-refractivity contribution is 0.599. The molecule has 0 spiro atoms. The zero-order chi connectivity index (χ0) is 10.5. The summed E-state index contributed by atoms with van der Waals surface area (Å²) in [5, 5.41) is 0.929. The van der Waals surface area contributed by atoms with Crippen LogP contribution in [-0.4, -0.2) is 5.75 Å². The van der Waals surface area contributed by atoms with Crippen molar-refractivity contribution < 1.29 is 0 Å². The molecular formula is C12H15ClS. The molecule has 0 aromatic heterocycles. The first-order valence-electron chi connectivity index (χ1n) is 4.86. The molecule has 1 aromatic rings. The zero-order valence-corrected chi connectivity index (χ0v) is 10.6. The molecule has 0 aliphatic carbocycles. The maximum absolute atomic E-state index is 6.25. The monoisotopic (exact) mass is 226 g/mol. The van der Waals surface area contributed by atoms with Crippen LogP contribution >= 0.6 is 23.4 Å². The molecule has 14 heavy (non-hydrogen) atoms. The van der Waals surface area contributed by atoms with Crippen LogP contribution in [0.15, 0.2) is 11.0 Å². The van der Waals surface area contributed by atoms with E-state index in [4.69, 9.17) is 11.6 Å². The van der Waals surface area contributed by atoms with Crippen LogP contribution < -0.4 is 0 Å². The molecule has 0 saturated heterocycles. The Kier molecular flexibility index (Phi) is 2.36. The normalized spacial score (nSPS) is 18.4. The van der Waals surface area contributed by atoms with Gasteiger partial charge in [0.25, 0.3) is 0 Å². The van der Waals surface area contributed by atoms with Gasteiger partial charge in [-0.15, -0.1) is 11.8 Å². The van der Waals surface area contributed by atoms with E-state index in [1.54, 1.807) is 0 Å². The molecule has 0 saturated carbocycles. The number of benzene rings is 1. The second-order valence-corrected chi connectivity index (χ2v) is 6.07. The second-order valence-electron chi connectivity index (χ2n) is 4.68. The van der Waals surface area contributed by atoms with E-state index in [0.29, 0.717) is 0 Å². The van der Waals surface area contributed by atoms with Crippen molar-refractivity contribution in [1.29, 1.82) is 0 Å². The Morgan fingerprint density at radius 3 is 2.64 bits per heavy atom. The van der Waals surface area contributed by atoms with Gasteiger partial charge in [-0.3, -0.25) is 0 Å². The van der Waals surface area contributed by atoms with Gasteiger partial charge in [-0.25, -0.2) is 0 Å². The van der Waals surface area contributed by atoms with Gasteiger partial charge in [0.15, 0.2) is 0 Å². The highest BCUT2D eigenvalue weighted by atomic mass is 35.5. The summed E-state index contributed by atoms with van der Waals surface area (Å²) in [6, 6.07) is 2.09. The quantitative estimate of drug-likeness (QED) is 0.634. The number of aryl methyl sites for hydroxylation is 1. The van der Waals surface area contributed by atoms with Gasteiger partial charge in [0.2, 0.25) is 0 Å². The molecule has 2 heteroatoms. The Labute approximate surface area is 95.0 Å². The number of rotatable bonds is 0. The molecular weight excluding hydrogens is 212 g/mol.